The molecule has 0 aliphatic carbocycles. The van der Waals surface area contributed by atoms with Crippen molar-refractivity contribution in [2.75, 3.05) is 12.4 Å². The molecular weight excluding hydrogens is 297 g/mol. The highest BCUT2D eigenvalue weighted by Crippen LogP contribution is 2.23. The summed E-state index contributed by atoms with van der Waals surface area (Å²) in [6.07, 6.45) is 0. The first-order valence-electron chi connectivity index (χ1n) is 6.07. The van der Waals surface area contributed by atoms with Gasteiger partial charge in [0.2, 0.25) is 0 Å². The highest BCUT2D eigenvalue weighted by atomic mass is 35.5. The zero-order valence-electron chi connectivity index (χ0n) is 11.3. The molecule has 1 aromatic carbocycles. The third kappa shape index (κ3) is 2.59. The molecule has 0 amide bonds. The summed E-state index contributed by atoms with van der Waals surface area (Å²) in [4.78, 5) is 8.38. The molecule has 0 aliphatic heterocycles. The number of benzene rings is 1. The van der Waals surface area contributed by atoms with Crippen molar-refractivity contribution in [1.82, 2.24) is 19.6 Å². The van der Waals surface area contributed by atoms with Crippen LogP contribution in [0.5, 0.6) is 6.01 Å². The van der Waals surface area contributed by atoms with Gasteiger partial charge < -0.3 is 10.1 Å². The fraction of sp³-hybridized carbons (Fsp3) is 0.154. The molecule has 3 aromatic rings. The summed E-state index contributed by atoms with van der Waals surface area (Å²) in [5.41, 5.74) is 1.39. The van der Waals surface area contributed by atoms with Crippen LogP contribution in [-0.4, -0.2) is 26.7 Å². The van der Waals surface area contributed by atoms with E-state index in [4.69, 9.17) is 16.3 Å². The van der Waals surface area contributed by atoms with E-state index in [1.807, 2.05) is 6.92 Å². The monoisotopic (exact) mass is 307 g/mol. The molecule has 0 aliphatic rings. The van der Waals surface area contributed by atoms with Crippen molar-refractivity contribution in [1.29, 1.82) is 0 Å². The van der Waals surface area contributed by atoms with Gasteiger partial charge in [-0.2, -0.15) is 9.50 Å². The lowest BCUT2D eigenvalue weighted by Gasteiger charge is -2.09. The minimum Gasteiger partial charge on any atom is -0.466 e. The van der Waals surface area contributed by atoms with E-state index < -0.39 is 5.82 Å². The average Bonchev–Trinajstić information content (AvgIpc) is 2.86. The Bertz CT molecular complexity index is 820. The van der Waals surface area contributed by atoms with Gasteiger partial charge in [0.1, 0.15) is 11.6 Å². The molecule has 0 saturated heterocycles. The molecule has 0 spiro atoms. The summed E-state index contributed by atoms with van der Waals surface area (Å²) in [5, 5.41) is 7.31. The Balaban J connectivity index is 2.06. The minimum atomic E-state index is -0.472. The smallest absolute Gasteiger partial charge is 0.337 e. The van der Waals surface area contributed by atoms with Crippen LogP contribution in [0.2, 0.25) is 5.02 Å². The van der Waals surface area contributed by atoms with E-state index in [2.05, 4.69) is 20.4 Å². The van der Waals surface area contributed by atoms with Gasteiger partial charge >= 0.3 is 6.01 Å². The molecule has 0 fully saturated rings. The Morgan fingerprint density at radius 1 is 1.29 bits per heavy atom. The fourth-order valence-corrected chi connectivity index (χ4v) is 2.05. The molecule has 6 nitrogen and oxygen atoms in total. The second kappa shape index (κ2) is 5.17. The van der Waals surface area contributed by atoms with E-state index in [0.717, 1.165) is 5.69 Å². The van der Waals surface area contributed by atoms with Crippen LogP contribution < -0.4 is 10.1 Å². The van der Waals surface area contributed by atoms with Crippen LogP contribution in [0.15, 0.2) is 24.3 Å². The summed E-state index contributed by atoms with van der Waals surface area (Å²) in [6, 6.07) is 6.37. The standard InChI is InChI=1S/C13H11ClFN5O/c1-7-5-11(17-8-3-4-10(15)9(14)6-8)20-12(16-7)18-13(19-20)21-2/h3-6,17H,1-2H3. The summed E-state index contributed by atoms with van der Waals surface area (Å²) in [6.45, 7) is 1.84. The Hall–Kier alpha value is -2.41. The van der Waals surface area contributed by atoms with Crippen molar-refractivity contribution < 1.29 is 9.13 Å². The summed E-state index contributed by atoms with van der Waals surface area (Å²) in [7, 11) is 1.48. The first-order chi connectivity index (χ1) is 10.1. The number of nitrogens with zero attached hydrogens (tertiary/aromatic N) is 4. The van der Waals surface area contributed by atoms with Gasteiger partial charge in [0, 0.05) is 17.4 Å². The number of aryl methyl sites for hydroxylation is 1. The maximum Gasteiger partial charge on any atom is 0.337 e. The van der Waals surface area contributed by atoms with Gasteiger partial charge in [-0.25, -0.2) is 9.37 Å². The first kappa shape index (κ1) is 13.6. The zero-order chi connectivity index (χ0) is 15.0. The van der Waals surface area contributed by atoms with Gasteiger partial charge in [-0.15, -0.1) is 5.10 Å². The van der Waals surface area contributed by atoms with Gasteiger partial charge in [0.05, 0.1) is 12.1 Å². The maximum atomic E-state index is 13.2. The van der Waals surface area contributed by atoms with Crippen molar-refractivity contribution in [2.24, 2.45) is 0 Å². The van der Waals surface area contributed by atoms with Crippen molar-refractivity contribution >= 4 is 28.9 Å². The molecule has 0 atom stereocenters. The number of hydrogen-bond acceptors (Lipinski definition) is 5. The van der Waals surface area contributed by atoms with E-state index >= 15 is 0 Å². The Morgan fingerprint density at radius 2 is 2.10 bits per heavy atom. The van der Waals surface area contributed by atoms with Crippen LogP contribution in [0, 0.1) is 12.7 Å². The number of anilines is 2. The van der Waals surface area contributed by atoms with E-state index in [9.17, 15) is 4.39 Å². The highest BCUT2D eigenvalue weighted by Gasteiger charge is 2.11. The molecule has 2 heterocycles. The lowest BCUT2D eigenvalue weighted by molar-refractivity contribution is 0.381. The largest absolute Gasteiger partial charge is 0.466 e. The number of hydrogen-bond donors (Lipinski definition) is 1. The predicted octanol–water partition coefficient (Wildman–Crippen LogP) is 2.98. The quantitative estimate of drug-likeness (QED) is 0.806. The van der Waals surface area contributed by atoms with E-state index in [-0.39, 0.29) is 11.0 Å². The van der Waals surface area contributed by atoms with Crippen LogP contribution in [0.1, 0.15) is 5.69 Å². The van der Waals surface area contributed by atoms with Crippen LogP contribution in [0.25, 0.3) is 5.78 Å². The van der Waals surface area contributed by atoms with Crippen molar-refractivity contribution in [3.8, 4) is 6.01 Å². The molecule has 8 heteroatoms. The molecule has 1 N–H and O–H groups in total. The van der Waals surface area contributed by atoms with Crippen LogP contribution in [0.4, 0.5) is 15.9 Å². The SMILES string of the molecule is COc1nc2nc(C)cc(Nc3ccc(F)c(Cl)c3)n2n1. The molecule has 0 saturated carbocycles. The number of aromatic nitrogens is 4. The van der Waals surface area contributed by atoms with Crippen LogP contribution in [-0.2, 0) is 0 Å². The Kier molecular flexibility index (Phi) is 3.34. The molecule has 21 heavy (non-hydrogen) atoms. The van der Waals surface area contributed by atoms with Gasteiger partial charge in [-0.3, -0.25) is 0 Å². The number of nitrogens with one attached hydrogen (secondary N) is 1. The van der Waals surface area contributed by atoms with Gasteiger partial charge in [-0.05, 0) is 25.1 Å². The summed E-state index contributed by atoms with van der Waals surface area (Å²) >= 11 is 5.77. The molecule has 3 rings (SSSR count). The lowest BCUT2D eigenvalue weighted by Crippen LogP contribution is -2.02. The number of methoxy groups -OCH3 is 1. The Morgan fingerprint density at radius 3 is 2.81 bits per heavy atom. The summed E-state index contributed by atoms with van der Waals surface area (Å²) < 4.78 is 19.7. The van der Waals surface area contributed by atoms with Crippen LogP contribution >= 0.6 is 11.6 Å². The average molecular weight is 308 g/mol. The van der Waals surface area contributed by atoms with E-state index in [1.54, 1.807) is 12.1 Å². The second-order valence-electron chi connectivity index (χ2n) is 4.35. The van der Waals surface area contributed by atoms with Gasteiger partial charge in [-0.1, -0.05) is 11.6 Å². The second-order valence-corrected chi connectivity index (χ2v) is 4.75. The lowest BCUT2D eigenvalue weighted by atomic mass is 10.3. The van der Waals surface area contributed by atoms with E-state index in [1.165, 1.54) is 23.8 Å². The van der Waals surface area contributed by atoms with Crippen LogP contribution in [0.3, 0.4) is 0 Å². The third-order valence-electron chi connectivity index (χ3n) is 2.80. The van der Waals surface area contributed by atoms with Crippen molar-refractivity contribution in [2.45, 2.75) is 6.92 Å². The van der Waals surface area contributed by atoms with Crippen molar-refractivity contribution in [3.63, 3.8) is 0 Å². The Labute approximate surface area is 124 Å². The predicted molar refractivity (Wildman–Crippen MR) is 76.8 cm³/mol. The highest BCUT2D eigenvalue weighted by molar-refractivity contribution is 6.31. The molecular formula is C13H11ClFN5O. The van der Waals surface area contributed by atoms with Crippen molar-refractivity contribution in [3.05, 3.63) is 40.8 Å². The maximum absolute atomic E-state index is 13.2. The minimum absolute atomic E-state index is 0.0400. The molecule has 108 valence electrons. The first-order valence-corrected chi connectivity index (χ1v) is 6.45. The number of halogens is 2. The normalized spacial score (nSPS) is 10.9. The fourth-order valence-electron chi connectivity index (χ4n) is 1.87. The number of ether oxygens (including phenoxy) is 1. The molecule has 0 bridgehead atoms. The zero-order valence-corrected chi connectivity index (χ0v) is 12.0. The topological polar surface area (TPSA) is 64.3 Å². The third-order valence-corrected chi connectivity index (χ3v) is 3.09. The summed E-state index contributed by atoms with van der Waals surface area (Å²) in [5.74, 6) is 0.555. The molecule has 0 radical (unpaired) electrons. The molecule has 2 aromatic heterocycles. The number of rotatable bonds is 3. The molecule has 0 unspecified atom stereocenters. The van der Waals surface area contributed by atoms with E-state index in [0.29, 0.717) is 17.3 Å². The van der Waals surface area contributed by atoms with Gasteiger partial charge in [0.15, 0.2) is 0 Å². The number of fused-ring (bicyclic) bond motifs is 1. The van der Waals surface area contributed by atoms with Gasteiger partial charge in [0.25, 0.3) is 5.78 Å².